The van der Waals surface area contributed by atoms with Crippen molar-refractivity contribution in [1.82, 2.24) is 4.90 Å². The first-order valence-electron chi connectivity index (χ1n) is 9.79. The van der Waals surface area contributed by atoms with Crippen molar-refractivity contribution in [2.45, 2.75) is 57.8 Å². The first-order chi connectivity index (χ1) is 13.5. The van der Waals surface area contributed by atoms with Gasteiger partial charge in [0, 0.05) is 13.1 Å². The van der Waals surface area contributed by atoms with Gasteiger partial charge in [-0.25, -0.2) is 4.79 Å². The van der Waals surface area contributed by atoms with E-state index in [9.17, 15) is 9.59 Å². The Kier molecular flexibility index (Phi) is 6.74. The molecule has 3 rings (SSSR count). The summed E-state index contributed by atoms with van der Waals surface area (Å²) in [6, 6.07) is 12.8. The van der Waals surface area contributed by atoms with Crippen LogP contribution in [-0.4, -0.2) is 36.0 Å². The van der Waals surface area contributed by atoms with Crippen molar-refractivity contribution < 1.29 is 23.5 Å². The van der Waals surface area contributed by atoms with Gasteiger partial charge in [-0.3, -0.25) is 4.79 Å². The standard InChI is InChI=1S/C22H27NO5/c1-16(21(24)23(2)17-9-5-3-6-10-17)27-22(25)20-14-13-19(28-20)15-26-18-11-7-4-8-12-18/h4,7-8,11-14,16-17H,3,5-6,9-10,15H2,1-2H3/t16-/m1/s1. The molecule has 2 aromatic rings. The summed E-state index contributed by atoms with van der Waals surface area (Å²) in [4.78, 5) is 26.6. The molecule has 0 unspecified atom stereocenters. The number of benzene rings is 1. The molecule has 0 N–H and O–H groups in total. The second kappa shape index (κ2) is 9.44. The second-order valence-electron chi connectivity index (χ2n) is 7.16. The summed E-state index contributed by atoms with van der Waals surface area (Å²) >= 11 is 0. The van der Waals surface area contributed by atoms with E-state index in [4.69, 9.17) is 13.9 Å². The van der Waals surface area contributed by atoms with Gasteiger partial charge in [0.25, 0.3) is 5.91 Å². The molecule has 1 heterocycles. The fourth-order valence-electron chi connectivity index (χ4n) is 3.44. The van der Waals surface area contributed by atoms with Gasteiger partial charge in [0.1, 0.15) is 18.1 Å². The molecule has 0 aliphatic heterocycles. The van der Waals surface area contributed by atoms with Crippen LogP contribution in [0.15, 0.2) is 46.9 Å². The van der Waals surface area contributed by atoms with E-state index in [0.717, 1.165) is 25.7 Å². The number of ether oxygens (including phenoxy) is 2. The lowest BCUT2D eigenvalue weighted by Crippen LogP contribution is -2.44. The van der Waals surface area contributed by atoms with Crippen LogP contribution < -0.4 is 4.74 Å². The van der Waals surface area contributed by atoms with E-state index in [1.54, 1.807) is 24.9 Å². The van der Waals surface area contributed by atoms with Crippen LogP contribution in [0.1, 0.15) is 55.3 Å². The summed E-state index contributed by atoms with van der Waals surface area (Å²) in [5, 5.41) is 0. The number of amides is 1. The van der Waals surface area contributed by atoms with Crippen molar-refractivity contribution >= 4 is 11.9 Å². The maximum absolute atomic E-state index is 12.6. The number of hydrogen-bond acceptors (Lipinski definition) is 5. The van der Waals surface area contributed by atoms with Gasteiger partial charge in [0.15, 0.2) is 6.10 Å². The molecule has 0 spiro atoms. The lowest BCUT2D eigenvalue weighted by Gasteiger charge is -2.32. The van der Waals surface area contributed by atoms with Crippen LogP contribution in [0.4, 0.5) is 0 Å². The predicted molar refractivity (Wildman–Crippen MR) is 104 cm³/mol. The number of hydrogen-bond donors (Lipinski definition) is 0. The maximum Gasteiger partial charge on any atom is 0.375 e. The number of likely N-dealkylation sites (N-methyl/N-ethyl adjacent to an activating group) is 1. The van der Waals surface area contributed by atoms with Gasteiger partial charge < -0.3 is 18.8 Å². The minimum Gasteiger partial charge on any atom is -0.486 e. The number of furan rings is 1. The second-order valence-corrected chi connectivity index (χ2v) is 7.16. The molecule has 1 aromatic heterocycles. The normalized spacial score (nSPS) is 15.6. The monoisotopic (exact) mass is 385 g/mol. The summed E-state index contributed by atoms with van der Waals surface area (Å²) in [6.07, 6.45) is 4.65. The lowest BCUT2D eigenvalue weighted by atomic mass is 9.94. The highest BCUT2D eigenvalue weighted by atomic mass is 16.6. The van der Waals surface area contributed by atoms with E-state index in [2.05, 4.69) is 0 Å². The molecule has 0 radical (unpaired) electrons. The topological polar surface area (TPSA) is 69.0 Å². The maximum atomic E-state index is 12.6. The van der Waals surface area contributed by atoms with Crippen molar-refractivity contribution in [1.29, 1.82) is 0 Å². The Morgan fingerprint density at radius 3 is 2.54 bits per heavy atom. The number of rotatable bonds is 7. The molecule has 1 aliphatic rings. The predicted octanol–water partition coefficient (Wildman–Crippen LogP) is 4.20. The number of esters is 1. The van der Waals surface area contributed by atoms with E-state index in [1.807, 2.05) is 30.3 Å². The molecule has 1 amide bonds. The molecule has 1 saturated carbocycles. The Hall–Kier alpha value is -2.76. The van der Waals surface area contributed by atoms with Crippen molar-refractivity contribution in [2.75, 3.05) is 7.05 Å². The highest BCUT2D eigenvalue weighted by Crippen LogP contribution is 2.22. The minimum absolute atomic E-state index is 0.0617. The van der Waals surface area contributed by atoms with Crippen molar-refractivity contribution in [2.24, 2.45) is 0 Å². The Morgan fingerprint density at radius 2 is 1.82 bits per heavy atom. The quantitative estimate of drug-likeness (QED) is 0.668. The lowest BCUT2D eigenvalue weighted by molar-refractivity contribution is -0.141. The Labute approximate surface area is 165 Å². The van der Waals surface area contributed by atoms with Crippen LogP contribution in [0, 0.1) is 0 Å². The molecule has 1 fully saturated rings. The number of carbonyl (C=O) groups is 2. The first-order valence-corrected chi connectivity index (χ1v) is 9.79. The van der Waals surface area contributed by atoms with Gasteiger partial charge >= 0.3 is 5.97 Å². The zero-order chi connectivity index (χ0) is 19.9. The van der Waals surface area contributed by atoms with Crippen LogP contribution in [0.3, 0.4) is 0 Å². The van der Waals surface area contributed by atoms with Gasteiger partial charge in [-0.2, -0.15) is 0 Å². The smallest absolute Gasteiger partial charge is 0.375 e. The molecule has 1 aliphatic carbocycles. The zero-order valence-corrected chi connectivity index (χ0v) is 16.4. The molecule has 6 nitrogen and oxygen atoms in total. The average molecular weight is 385 g/mol. The molecule has 28 heavy (non-hydrogen) atoms. The van der Waals surface area contributed by atoms with Crippen molar-refractivity contribution in [3.63, 3.8) is 0 Å². The fourth-order valence-corrected chi connectivity index (χ4v) is 3.44. The molecular weight excluding hydrogens is 358 g/mol. The minimum atomic E-state index is -0.853. The molecule has 1 aromatic carbocycles. The molecular formula is C22H27NO5. The van der Waals surface area contributed by atoms with Crippen LogP contribution in [-0.2, 0) is 16.1 Å². The van der Waals surface area contributed by atoms with Gasteiger partial charge in [0.2, 0.25) is 5.76 Å². The average Bonchev–Trinajstić information content (AvgIpc) is 3.22. The molecule has 6 heteroatoms. The van der Waals surface area contributed by atoms with Crippen LogP contribution in [0.5, 0.6) is 5.75 Å². The molecule has 1 atom stereocenters. The zero-order valence-electron chi connectivity index (χ0n) is 16.4. The first kappa shape index (κ1) is 20.0. The summed E-state index contributed by atoms with van der Waals surface area (Å²) in [5.74, 6) is 0.456. The van der Waals surface area contributed by atoms with E-state index < -0.39 is 12.1 Å². The van der Waals surface area contributed by atoms with Crippen LogP contribution in [0.25, 0.3) is 0 Å². The number of para-hydroxylation sites is 1. The van der Waals surface area contributed by atoms with E-state index >= 15 is 0 Å². The van der Waals surface area contributed by atoms with Gasteiger partial charge in [0.05, 0.1) is 0 Å². The SMILES string of the molecule is C[C@@H](OC(=O)c1ccc(COc2ccccc2)o1)C(=O)N(C)C1CCCCC1. The summed E-state index contributed by atoms with van der Waals surface area (Å²) < 4.78 is 16.4. The van der Waals surface area contributed by atoms with Crippen molar-refractivity contribution in [3.05, 3.63) is 54.0 Å². The highest BCUT2D eigenvalue weighted by molar-refractivity contribution is 5.90. The molecule has 0 saturated heterocycles. The third kappa shape index (κ3) is 5.15. The van der Waals surface area contributed by atoms with E-state index in [0.29, 0.717) is 11.5 Å². The summed E-state index contributed by atoms with van der Waals surface area (Å²) in [5.41, 5.74) is 0. The van der Waals surface area contributed by atoms with Crippen molar-refractivity contribution in [3.8, 4) is 5.75 Å². The summed E-state index contributed by atoms with van der Waals surface area (Å²) in [7, 11) is 1.79. The summed E-state index contributed by atoms with van der Waals surface area (Å²) in [6.45, 7) is 1.80. The van der Waals surface area contributed by atoms with Crippen LogP contribution in [0.2, 0.25) is 0 Å². The van der Waals surface area contributed by atoms with Gasteiger partial charge in [-0.15, -0.1) is 0 Å². The van der Waals surface area contributed by atoms with Gasteiger partial charge in [-0.1, -0.05) is 37.5 Å². The Bertz CT molecular complexity index is 779. The fraction of sp³-hybridized carbons (Fsp3) is 0.455. The van der Waals surface area contributed by atoms with Gasteiger partial charge in [-0.05, 0) is 44.0 Å². The third-order valence-electron chi connectivity index (χ3n) is 5.09. The van der Waals surface area contributed by atoms with E-state index in [-0.39, 0.29) is 24.3 Å². The largest absolute Gasteiger partial charge is 0.486 e. The van der Waals surface area contributed by atoms with E-state index in [1.165, 1.54) is 12.5 Å². The molecule has 150 valence electrons. The number of nitrogens with zero attached hydrogens (tertiary/aromatic N) is 1. The van der Waals surface area contributed by atoms with Crippen LogP contribution >= 0.6 is 0 Å². The molecule has 0 bridgehead atoms. The Balaban J connectivity index is 1.51. The Morgan fingerprint density at radius 1 is 1.11 bits per heavy atom. The highest BCUT2D eigenvalue weighted by Gasteiger charge is 2.28. The number of carbonyl (C=O) groups excluding carboxylic acids is 2. The third-order valence-corrected chi connectivity index (χ3v) is 5.09.